The van der Waals surface area contributed by atoms with Crippen molar-refractivity contribution in [1.29, 1.82) is 0 Å². The maximum atomic E-state index is 12.8. The minimum absolute atomic E-state index is 0.0324. The van der Waals surface area contributed by atoms with Crippen LogP contribution in [0.5, 0.6) is 0 Å². The minimum Gasteiger partial charge on any atom is -0.459 e. The molecule has 1 aromatic carbocycles. The zero-order valence-electron chi connectivity index (χ0n) is 15.5. The lowest BCUT2D eigenvalue weighted by Crippen LogP contribution is -2.40. The second-order valence-corrected chi connectivity index (χ2v) is 8.68. The number of fused-ring (bicyclic) bond motifs is 1. The number of hydrogen-bond donors (Lipinski definition) is 0. The Morgan fingerprint density at radius 2 is 1.96 bits per heavy atom. The van der Waals surface area contributed by atoms with Gasteiger partial charge in [-0.15, -0.1) is 11.8 Å². The monoisotopic (exact) mass is 390 g/mol. The highest BCUT2D eigenvalue weighted by atomic mass is 32.2. The van der Waals surface area contributed by atoms with E-state index in [0.717, 1.165) is 10.5 Å². The van der Waals surface area contributed by atoms with Crippen LogP contribution in [0.4, 0.5) is 0 Å². The summed E-state index contributed by atoms with van der Waals surface area (Å²) in [5.41, 5.74) is 1.92. The molecule has 0 saturated carbocycles. The van der Waals surface area contributed by atoms with Crippen LogP contribution in [0.1, 0.15) is 39.3 Å². The molecule has 1 aromatic rings. The first kappa shape index (κ1) is 19.0. The van der Waals surface area contributed by atoms with Gasteiger partial charge in [0.05, 0.1) is 28.7 Å². The zero-order chi connectivity index (χ0) is 19.0. The van der Waals surface area contributed by atoms with Crippen LogP contribution < -0.4 is 0 Å². The van der Waals surface area contributed by atoms with E-state index in [4.69, 9.17) is 4.74 Å². The van der Waals surface area contributed by atoms with Gasteiger partial charge >= 0.3 is 5.97 Å². The van der Waals surface area contributed by atoms with Crippen molar-refractivity contribution in [1.82, 2.24) is 4.90 Å². The van der Waals surface area contributed by atoms with E-state index in [0.29, 0.717) is 16.4 Å². The average Bonchev–Trinajstić information content (AvgIpc) is 2.87. The van der Waals surface area contributed by atoms with Gasteiger partial charge in [-0.1, -0.05) is 23.9 Å². The molecule has 0 radical (unpaired) electrons. The lowest BCUT2D eigenvalue weighted by molar-refractivity contribution is -0.143. The highest BCUT2D eigenvalue weighted by Gasteiger charge is 2.46. The number of carbonyl (C=O) groups is 2. The second kappa shape index (κ2) is 7.48. The van der Waals surface area contributed by atoms with Crippen molar-refractivity contribution in [3.05, 3.63) is 41.1 Å². The molecule has 0 aromatic heterocycles. The Balaban J connectivity index is 2.11. The Kier molecular flexibility index (Phi) is 5.48. The molecule has 1 saturated heterocycles. The first-order valence-corrected chi connectivity index (χ1v) is 10.6. The number of amidine groups is 1. The SMILES string of the molecule is CSc1ccc([C@H]2C(C(=O)OC(C)C)=C(C)N=C3S[C@H](C)C(=O)N32)cc1. The fraction of sp³-hybridized carbons (Fsp3) is 0.421. The largest absolute Gasteiger partial charge is 0.459 e. The van der Waals surface area contributed by atoms with Crippen LogP contribution in [0.3, 0.4) is 0 Å². The number of benzene rings is 1. The van der Waals surface area contributed by atoms with E-state index >= 15 is 0 Å². The van der Waals surface area contributed by atoms with E-state index in [1.54, 1.807) is 23.6 Å². The van der Waals surface area contributed by atoms with Gasteiger partial charge in [0.2, 0.25) is 5.91 Å². The number of aliphatic imine (C=N–C) groups is 1. The van der Waals surface area contributed by atoms with E-state index in [1.165, 1.54) is 11.8 Å². The average molecular weight is 391 g/mol. The standard InChI is InChI=1S/C19H22N2O3S2/c1-10(2)24-18(23)15-11(3)20-19-21(17(22)12(4)26-19)16(15)13-6-8-14(25-5)9-7-13/h6-10,12,16H,1-5H3/t12-,16+/m1/s1. The molecule has 0 bridgehead atoms. The van der Waals surface area contributed by atoms with E-state index in [2.05, 4.69) is 4.99 Å². The Labute approximate surface area is 162 Å². The number of amides is 1. The fourth-order valence-corrected chi connectivity index (χ4v) is 4.48. The van der Waals surface area contributed by atoms with Crippen LogP contribution in [0.15, 0.2) is 45.4 Å². The van der Waals surface area contributed by atoms with Gasteiger partial charge in [-0.2, -0.15) is 0 Å². The Morgan fingerprint density at radius 3 is 2.54 bits per heavy atom. The number of thioether (sulfide) groups is 2. The lowest BCUT2D eigenvalue weighted by Gasteiger charge is -2.33. The van der Waals surface area contributed by atoms with Gasteiger partial charge in [0.25, 0.3) is 0 Å². The van der Waals surface area contributed by atoms with Crippen LogP contribution in [0, 0.1) is 0 Å². The molecule has 0 unspecified atom stereocenters. The molecule has 1 amide bonds. The molecule has 2 atom stereocenters. The summed E-state index contributed by atoms with van der Waals surface area (Å²) >= 11 is 3.08. The van der Waals surface area contributed by atoms with Crippen LogP contribution in [0.25, 0.3) is 0 Å². The number of ether oxygens (including phenoxy) is 1. The van der Waals surface area contributed by atoms with Crippen molar-refractivity contribution in [2.24, 2.45) is 4.99 Å². The van der Waals surface area contributed by atoms with E-state index in [1.807, 2.05) is 51.3 Å². The maximum absolute atomic E-state index is 12.8. The van der Waals surface area contributed by atoms with Crippen LogP contribution in [-0.4, -0.2) is 39.6 Å². The summed E-state index contributed by atoms with van der Waals surface area (Å²) < 4.78 is 5.45. The summed E-state index contributed by atoms with van der Waals surface area (Å²) in [5, 5.41) is 0.440. The number of allylic oxidation sites excluding steroid dienone is 1. The number of esters is 1. The highest BCUT2D eigenvalue weighted by molar-refractivity contribution is 8.15. The minimum atomic E-state index is -0.505. The Hall–Kier alpha value is -1.73. The molecule has 2 aliphatic heterocycles. The molecule has 0 N–H and O–H groups in total. The molecular formula is C19H22N2O3S2. The Bertz CT molecular complexity index is 800. The van der Waals surface area contributed by atoms with E-state index in [9.17, 15) is 9.59 Å². The van der Waals surface area contributed by atoms with Gasteiger partial charge in [0.15, 0.2) is 5.17 Å². The van der Waals surface area contributed by atoms with Crippen molar-refractivity contribution in [2.45, 2.75) is 50.0 Å². The van der Waals surface area contributed by atoms with Gasteiger partial charge in [-0.25, -0.2) is 9.79 Å². The lowest BCUT2D eigenvalue weighted by atomic mass is 9.94. The first-order chi connectivity index (χ1) is 12.3. The van der Waals surface area contributed by atoms with Crippen LogP contribution >= 0.6 is 23.5 Å². The molecule has 7 heteroatoms. The first-order valence-electron chi connectivity index (χ1n) is 8.47. The Morgan fingerprint density at radius 1 is 1.31 bits per heavy atom. The van der Waals surface area contributed by atoms with Gasteiger partial charge in [0, 0.05) is 4.90 Å². The molecule has 2 heterocycles. The fourth-order valence-electron chi connectivity index (χ4n) is 3.04. The molecule has 0 spiro atoms. The third kappa shape index (κ3) is 3.42. The molecule has 26 heavy (non-hydrogen) atoms. The van der Waals surface area contributed by atoms with E-state index < -0.39 is 12.0 Å². The van der Waals surface area contributed by atoms with Crippen molar-refractivity contribution in [2.75, 3.05) is 6.26 Å². The van der Waals surface area contributed by atoms with Crippen molar-refractivity contribution in [3.8, 4) is 0 Å². The van der Waals surface area contributed by atoms with Crippen LogP contribution in [-0.2, 0) is 14.3 Å². The predicted octanol–water partition coefficient (Wildman–Crippen LogP) is 4.01. The van der Waals surface area contributed by atoms with E-state index in [-0.39, 0.29) is 17.3 Å². The molecule has 0 aliphatic carbocycles. The van der Waals surface area contributed by atoms with Gasteiger partial charge in [0.1, 0.15) is 0 Å². The predicted molar refractivity (Wildman–Crippen MR) is 106 cm³/mol. The van der Waals surface area contributed by atoms with Gasteiger partial charge in [-0.05, 0) is 51.6 Å². The van der Waals surface area contributed by atoms with Crippen molar-refractivity contribution >= 4 is 40.6 Å². The zero-order valence-corrected chi connectivity index (χ0v) is 17.1. The number of rotatable bonds is 4. The van der Waals surface area contributed by atoms with Crippen molar-refractivity contribution < 1.29 is 14.3 Å². The highest BCUT2D eigenvalue weighted by Crippen LogP contribution is 2.43. The number of nitrogens with zero attached hydrogens (tertiary/aromatic N) is 2. The summed E-state index contributed by atoms with van der Waals surface area (Å²) in [6, 6.07) is 7.44. The number of hydrogen-bond acceptors (Lipinski definition) is 6. The molecule has 3 rings (SSSR count). The summed E-state index contributed by atoms with van der Waals surface area (Å²) in [7, 11) is 0. The molecule has 2 aliphatic rings. The summed E-state index contributed by atoms with van der Waals surface area (Å²) in [5.74, 6) is -0.452. The van der Waals surface area contributed by atoms with Crippen LogP contribution in [0.2, 0.25) is 0 Å². The maximum Gasteiger partial charge on any atom is 0.338 e. The van der Waals surface area contributed by atoms with Gasteiger partial charge < -0.3 is 4.74 Å². The third-order valence-corrected chi connectivity index (χ3v) is 6.05. The second-order valence-electron chi connectivity index (χ2n) is 6.49. The topological polar surface area (TPSA) is 59.0 Å². The number of carbonyl (C=O) groups excluding carboxylic acids is 2. The third-order valence-electron chi connectivity index (χ3n) is 4.25. The normalized spacial score (nSPS) is 22.6. The summed E-state index contributed by atoms with van der Waals surface area (Å²) in [6.07, 6.45) is 1.77. The summed E-state index contributed by atoms with van der Waals surface area (Å²) in [4.78, 5) is 32.9. The quantitative estimate of drug-likeness (QED) is 0.574. The van der Waals surface area contributed by atoms with Gasteiger partial charge in [-0.3, -0.25) is 9.69 Å². The molecule has 138 valence electrons. The smallest absolute Gasteiger partial charge is 0.338 e. The molecule has 1 fully saturated rings. The van der Waals surface area contributed by atoms with Crippen molar-refractivity contribution in [3.63, 3.8) is 0 Å². The molecule has 5 nitrogen and oxygen atoms in total. The molecular weight excluding hydrogens is 368 g/mol. The summed E-state index contributed by atoms with van der Waals surface area (Å²) in [6.45, 7) is 7.29.